The van der Waals surface area contributed by atoms with E-state index < -0.39 is 0 Å². The van der Waals surface area contributed by atoms with Crippen LogP contribution in [0, 0.1) is 5.92 Å². The fraction of sp³-hybridized carbons (Fsp3) is 0.714. The van der Waals surface area contributed by atoms with Crippen LogP contribution in [0.3, 0.4) is 0 Å². The molecule has 1 aromatic rings. The van der Waals surface area contributed by atoms with E-state index in [9.17, 15) is 4.79 Å². The molecular weight excluding hydrogens is 308 g/mol. The molecular formula is C14H23BrN2O2. The van der Waals surface area contributed by atoms with Gasteiger partial charge in [0.25, 0.3) is 0 Å². The summed E-state index contributed by atoms with van der Waals surface area (Å²) < 4.78 is 8.29. The maximum atomic E-state index is 12.4. The molecule has 0 aliphatic heterocycles. The number of hydrogen-bond donors (Lipinski definition) is 0. The van der Waals surface area contributed by atoms with E-state index in [1.807, 2.05) is 27.8 Å². The van der Waals surface area contributed by atoms with Gasteiger partial charge in [0.05, 0.1) is 22.3 Å². The normalized spacial score (nSPS) is 13.0. The Labute approximate surface area is 123 Å². The third-order valence-electron chi connectivity index (χ3n) is 3.11. The third kappa shape index (κ3) is 3.89. The zero-order valence-electron chi connectivity index (χ0n) is 12.4. The van der Waals surface area contributed by atoms with Crippen LogP contribution >= 0.6 is 15.9 Å². The molecule has 19 heavy (non-hydrogen) atoms. The minimum atomic E-state index is -0.336. The number of Topliss-reactive ketones (excluding diaryl/α,β-unsaturated/α-hetero) is 1. The van der Waals surface area contributed by atoms with Crippen molar-refractivity contribution >= 4 is 21.7 Å². The van der Waals surface area contributed by atoms with E-state index >= 15 is 0 Å². The van der Waals surface area contributed by atoms with Crippen LogP contribution in [0.4, 0.5) is 0 Å². The van der Waals surface area contributed by atoms with Crippen LogP contribution in [0.5, 0.6) is 0 Å². The van der Waals surface area contributed by atoms with E-state index in [-0.39, 0.29) is 17.8 Å². The molecule has 1 aromatic heterocycles. The lowest BCUT2D eigenvalue weighted by atomic mass is 9.99. The van der Waals surface area contributed by atoms with E-state index in [1.54, 1.807) is 4.68 Å². The molecule has 4 nitrogen and oxygen atoms in total. The zero-order chi connectivity index (χ0) is 14.6. The molecule has 1 atom stereocenters. The predicted molar refractivity (Wildman–Crippen MR) is 79.2 cm³/mol. The van der Waals surface area contributed by atoms with Gasteiger partial charge in [-0.25, -0.2) is 0 Å². The van der Waals surface area contributed by atoms with E-state index in [1.165, 1.54) is 0 Å². The molecule has 0 aliphatic rings. The van der Waals surface area contributed by atoms with Gasteiger partial charge in [0.15, 0.2) is 5.78 Å². The van der Waals surface area contributed by atoms with Crippen molar-refractivity contribution in [2.45, 2.75) is 46.6 Å². The Bertz CT molecular complexity index is 441. The molecule has 1 rings (SSSR count). The summed E-state index contributed by atoms with van der Waals surface area (Å²) in [6.07, 6.45) is 0.867. The number of halogens is 1. The van der Waals surface area contributed by atoms with Crippen LogP contribution in [-0.4, -0.2) is 28.3 Å². The van der Waals surface area contributed by atoms with Gasteiger partial charge in [0, 0.05) is 13.7 Å². The highest BCUT2D eigenvalue weighted by atomic mass is 79.9. The summed E-state index contributed by atoms with van der Waals surface area (Å²) in [6, 6.07) is 0. The summed E-state index contributed by atoms with van der Waals surface area (Å²) in [5, 5.41) is 4.41. The summed E-state index contributed by atoms with van der Waals surface area (Å²) in [5.74, 6) is 0.299. The molecule has 5 heteroatoms. The van der Waals surface area contributed by atoms with E-state index in [2.05, 4.69) is 28.0 Å². The number of carbonyl (C=O) groups excluding carboxylic acids is 1. The van der Waals surface area contributed by atoms with Crippen molar-refractivity contribution in [1.82, 2.24) is 9.78 Å². The molecule has 0 N–H and O–H groups in total. The van der Waals surface area contributed by atoms with Gasteiger partial charge in [-0.1, -0.05) is 20.8 Å². The van der Waals surface area contributed by atoms with E-state index in [0.717, 1.165) is 22.3 Å². The highest BCUT2D eigenvalue weighted by Gasteiger charge is 2.25. The second-order valence-electron chi connectivity index (χ2n) is 4.95. The number of ketones is 1. The van der Waals surface area contributed by atoms with Crippen LogP contribution in [0.25, 0.3) is 0 Å². The first-order chi connectivity index (χ1) is 8.92. The predicted octanol–water partition coefficient (Wildman–Crippen LogP) is 2.92. The second kappa shape index (κ2) is 7.20. The average molecular weight is 331 g/mol. The topological polar surface area (TPSA) is 44.1 Å². The van der Waals surface area contributed by atoms with Gasteiger partial charge in [0.2, 0.25) is 0 Å². The highest BCUT2D eigenvalue weighted by molar-refractivity contribution is 9.10. The van der Waals surface area contributed by atoms with Crippen LogP contribution in [0.1, 0.15) is 39.1 Å². The van der Waals surface area contributed by atoms with Gasteiger partial charge in [-0.15, -0.1) is 0 Å². The van der Waals surface area contributed by atoms with Crippen LogP contribution in [0.15, 0.2) is 4.47 Å². The number of ether oxygens (including phenoxy) is 1. The summed E-state index contributed by atoms with van der Waals surface area (Å²) >= 11 is 3.54. The van der Waals surface area contributed by atoms with Crippen molar-refractivity contribution in [3.63, 3.8) is 0 Å². The van der Waals surface area contributed by atoms with Crippen molar-refractivity contribution in [2.75, 3.05) is 6.61 Å². The molecule has 0 aliphatic carbocycles. The Kier molecular flexibility index (Phi) is 6.20. The van der Waals surface area contributed by atoms with Crippen LogP contribution < -0.4 is 0 Å². The number of nitrogens with zero attached hydrogens (tertiary/aromatic N) is 2. The van der Waals surface area contributed by atoms with Gasteiger partial charge in [-0.05, 0) is 35.2 Å². The number of hydrogen-bond acceptors (Lipinski definition) is 3. The number of aryl methyl sites for hydroxylation is 2. The maximum absolute atomic E-state index is 12.4. The molecule has 0 bridgehead atoms. The fourth-order valence-corrected chi connectivity index (χ4v) is 2.87. The van der Waals surface area contributed by atoms with Gasteiger partial charge in [-0.2, -0.15) is 5.10 Å². The first kappa shape index (κ1) is 16.4. The lowest BCUT2D eigenvalue weighted by Crippen LogP contribution is -2.31. The molecule has 1 heterocycles. The molecule has 0 saturated heterocycles. The first-order valence-electron chi connectivity index (χ1n) is 6.76. The molecule has 108 valence electrons. The minimum Gasteiger partial charge on any atom is -0.370 e. The van der Waals surface area contributed by atoms with Gasteiger partial charge in [0.1, 0.15) is 6.10 Å². The zero-order valence-corrected chi connectivity index (χ0v) is 14.0. The Morgan fingerprint density at radius 1 is 1.42 bits per heavy atom. The Morgan fingerprint density at radius 3 is 2.47 bits per heavy atom. The first-order valence-corrected chi connectivity index (χ1v) is 7.56. The van der Waals surface area contributed by atoms with E-state index in [0.29, 0.717) is 13.0 Å². The van der Waals surface area contributed by atoms with Crippen molar-refractivity contribution in [2.24, 2.45) is 13.0 Å². The van der Waals surface area contributed by atoms with Crippen LogP contribution in [0.2, 0.25) is 0 Å². The Hall–Kier alpha value is -0.680. The summed E-state index contributed by atoms with van der Waals surface area (Å²) in [7, 11) is 1.87. The highest BCUT2D eigenvalue weighted by Crippen LogP contribution is 2.23. The lowest BCUT2D eigenvalue weighted by molar-refractivity contribution is -0.132. The SMILES string of the molecule is CCOC(C(=O)Cc1c(Br)c(CC)nn1C)C(C)C. The molecule has 0 spiro atoms. The smallest absolute Gasteiger partial charge is 0.167 e. The summed E-state index contributed by atoms with van der Waals surface area (Å²) in [6.45, 7) is 8.54. The molecule has 0 radical (unpaired) electrons. The molecule has 0 fully saturated rings. The van der Waals surface area contributed by atoms with Crippen molar-refractivity contribution in [3.05, 3.63) is 15.9 Å². The standard InChI is InChI=1S/C14H23BrN2O2/c1-6-10-13(15)11(17(5)16-10)8-12(18)14(9(3)4)19-7-2/h9,14H,6-8H2,1-5H3. The van der Waals surface area contributed by atoms with Crippen molar-refractivity contribution in [3.8, 4) is 0 Å². The largest absolute Gasteiger partial charge is 0.370 e. The molecule has 1 unspecified atom stereocenters. The molecule has 0 saturated carbocycles. The van der Waals surface area contributed by atoms with Gasteiger partial charge < -0.3 is 4.74 Å². The average Bonchev–Trinajstić information content (AvgIpc) is 2.62. The number of carbonyl (C=O) groups is 1. The number of aromatic nitrogens is 2. The van der Waals surface area contributed by atoms with Crippen molar-refractivity contribution in [1.29, 1.82) is 0 Å². The second-order valence-corrected chi connectivity index (χ2v) is 5.74. The van der Waals surface area contributed by atoms with Gasteiger partial charge >= 0.3 is 0 Å². The monoisotopic (exact) mass is 330 g/mol. The lowest BCUT2D eigenvalue weighted by Gasteiger charge is -2.19. The fourth-order valence-electron chi connectivity index (χ4n) is 2.11. The van der Waals surface area contributed by atoms with Crippen molar-refractivity contribution < 1.29 is 9.53 Å². The number of rotatable bonds is 7. The van der Waals surface area contributed by atoms with E-state index in [4.69, 9.17) is 4.74 Å². The molecule has 0 amide bonds. The maximum Gasteiger partial charge on any atom is 0.167 e. The van der Waals surface area contributed by atoms with Gasteiger partial charge in [-0.3, -0.25) is 9.48 Å². The minimum absolute atomic E-state index is 0.114. The third-order valence-corrected chi connectivity index (χ3v) is 4.03. The quantitative estimate of drug-likeness (QED) is 0.772. The van der Waals surface area contributed by atoms with Crippen LogP contribution in [-0.2, 0) is 29.4 Å². The Balaban J connectivity index is 2.89. The summed E-state index contributed by atoms with van der Waals surface area (Å²) in [5.41, 5.74) is 1.91. The summed E-state index contributed by atoms with van der Waals surface area (Å²) in [4.78, 5) is 12.4. The Morgan fingerprint density at radius 2 is 2.05 bits per heavy atom. The molecule has 0 aromatic carbocycles.